The molecule has 1 aromatic heterocycles. The highest BCUT2D eigenvalue weighted by Gasteiger charge is 2.06. The third-order valence-electron chi connectivity index (χ3n) is 2.77. The molecule has 5 nitrogen and oxygen atoms in total. The summed E-state index contributed by atoms with van der Waals surface area (Å²) >= 11 is 3.41. The standard InChI is InChI=1S/C16H15BrN2O3/c17-13-5-2-1-4-12(13)7-8-15(20)18-9-10-19-16(21)14-6-3-11-22-14/h1-8,11H,9-10H2,(H,18,20)(H,19,21)/b8-7+. The molecule has 1 heterocycles. The number of amides is 2. The van der Waals surface area contributed by atoms with Crippen LogP contribution >= 0.6 is 15.9 Å². The molecule has 114 valence electrons. The minimum Gasteiger partial charge on any atom is -0.459 e. The predicted molar refractivity (Wildman–Crippen MR) is 87.2 cm³/mol. The molecule has 2 rings (SSSR count). The second-order valence-corrected chi connectivity index (χ2v) is 5.23. The molecule has 0 aliphatic carbocycles. The lowest BCUT2D eigenvalue weighted by Gasteiger charge is -2.04. The molecule has 0 aliphatic rings. The minimum atomic E-state index is -0.303. The Morgan fingerprint density at radius 2 is 1.86 bits per heavy atom. The molecule has 0 saturated heterocycles. The van der Waals surface area contributed by atoms with Crippen molar-refractivity contribution in [2.24, 2.45) is 0 Å². The number of carbonyl (C=O) groups excluding carboxylic acids is 2. The van der Waals surface area contributed by atoms with Gasteiger partial charge in [0.15, 0.2) is 5.76 Å². The number of hydrogen-bond donors (Lipinski definition) is 2. The smallest absolute Gasteiger partial charge is 0.287 e. The number of benzene rings is 1. The van der Waals surface area contributed by atoms with Crippen LogP contribution in [-0.4, -0.2) is 24.9 Å². The predicted octanol–water partition coefficient (Wildman–Crippen LogP) is 2.60. The maximum atomic E-state index is 11.7. The molecule has 0 aliphatic heterocycles. The molecule has 0 bridgehead atoms. The van der Waals surface area contributed by atoms with Gasteiger partial charge in [-0.05, 0) is 29.8 Å². The van der Waals surface area contributed by atoms with Gasteiger partial charge in [-0.3, -0.25) is 9.59 Å². The Bertz CT molecular complexity index is 666. The molecular weight excluding hydrogens is 348 g/mol. The Labute approximate surface area is 136 Å². The van der Waals surface area contributed by atoms with Gasteiger partial charge in [0.25, 0.3) is 5.91 Å². The minimum absolute atomic E-state index is 0.219. The molecule has 0 atom stereocenters. The van der Waals surface area contributed by atoms with Crippen LogP contribution in [0.1, 0.15) is 16.1 Å². The third kappa shape index (κ3) is 4.89. The van der Waals surface area contributed by atoms with E-state index in [9.17, 15) is 9.59 Å². The number of rotatable bonds is 6. The van der Waals surface area contributed by atoms with Gasteiger partial charge in [-0.15, -0.1) is 0 Å². The molecular formula is C16H15BrN2O3. The highest BCUT2D eigenvalue weighted by molar-refractivity contribution is 9.10. The van der Waals surface area contributed by atoms with Crippen molar-refractivity contribution in [3.05, 3.63) is 64.5 Å². The fraction of sp³-hybridized carbons (Fsp3) is 0.125. The molecule has 0 unspecified atom stereocenters. The zero-order valence-electron chi connectivity index (χ0n) is 11.7. The Hall–Kier alpha value is -2.34. The first kappa shape index (κ1) is 16.0. The highest BCUT2D eigenvalue weighted by atomic mass is 79.9. The second-order valence-electron chi connectivity index (χ2n) is 4.38. The molecule has 2 amide bonds. The van der Waals surface area contributed by atoms with Gasteiger partial charge in [-0.1, -0.05) is 34.1 Å². The van der Waals surface area contributed by atoms with E-state index in [4.69, 9.17) is 4.42 Å². The van der Waals surface area contributed by atoms with Crippen molar-refractivity contribution in [1.29, 1.82) is 0 Å². The van der Waals surface area contributed by atoms with E-state index in [0.29, 0.717) is 13.1 Å². The zero-order chi connectivity index (χ0) is 15.8. The molecule has 1 aromatic carbocycles. The maximum Gasteiger partial charge on any atom is 0.287 e. The third-order valence-corrected chi connectivity index (χ3v) is 3.50. The van der Waals surface area contributed by atoms with Crippen molar-refractivity contribution in [2.45, 2.75) is 0 Å². The SMILES string of the molecule is O=C(/C=C/c1ccccc1Br)NCCNC(=O)c1ccco1. The van der Waals surface area contributed by atoms with E-state index < -0.39 is 0 Å². The van der Waals surface area contributed by atoms with Gasteiger partial charge in [-0.2, -0.15) is 0 Å². The van der Waals surface area contributed by atoms with Crippen molar-refractivity contribution in [3.8, 4) is 0 Å². The summed E-state index contributed by atoms with van der Waals surface area (Å²) in [6.07, 6.45) is 4.61. The van der Waals surface area contributed by atoms with E-state index in [2.05, 4.69) is 26.6 Å². The molecule has 0 saturated carbocycles. The van der Waals surface area contributed by atoms with E-state index >= 15 is 0 Å². The largest absolute Gasteiger partial charge is 0.459 e. The summed E-state index contributed by atoms with van der Waals surface area (Å²) in [4.78, 5) is 23.2. The highest BCUT2D eigenvalue weighted by Crippen LogP contribution is 2.16. The Balaban J connectivity index is 1.70. The first-order valence-electron chi connectivity index (χ1n) is 6.69. The van der Waals surface area contributed by atoms with Crippen LogP contribution in [0, 0.1) is 0 Å². The van der Waals surface area contributed by atoms with Crippen LogP contribution in [0.5, 0.6) is 0 Å². The fourth-order valence-corrected chi connectivity index (χ4v) is 2.11. The van der Waals surface area contributed by atoms with Crippen LogP contribution in [-0.2, 0) is 4.79 Å². The number of nitrogens with one attached hydrogen (secondary N) is 2. The van der Waals surface area contributed by atoms with Crippen LogP contribution in [0.15, 0.2) is 57.6 Å². The average molecular weight is 363 g/mol. The topological polar surface area (TPSA) is 71.3 Å². The van der Waals surface area contributed by atoms with E-state index in [1.54, 1.807) is 18.2 Å². The van der Waals surface area contributed by atoms with E-state index in [-0.39, 0.29) is 17.6 Å². The number of halogens is 1. The van der Waals surface area contributed by atoms with Gasteiger partial charge >= 0.3 is 0 Å². The number of hydrogen-bond acceptors (Lipinski definition) is 3. The lowest BCUT2D eigenvalue weighted by atomic mass is 10.2. The average Bonchev–Trinajstić information content (AvgIpc) is 3.05. The first-order chi connectivity index (χ1) is 10.7. The van der Waals surface area contributed by atoms with E-state index in [1.165, 1.54) is 12.3 Å². The first-order valence-corrected chi connectivity index (χ1v) is 7.48. The van der Waals surface area contributed by atoms with Gasteiger partial charge in [0.2, 0.25) is 5.91 Å². The van der Waals surface area contributed by atoms with Crippen LogP contribution in [0.3, 0.4) is 0 Å². The van der Waals surface area contributed by atoms with Gasteiger partial charge in [0.05, 0.1) is 6.26 Å². The van der Waals surface area contributed by atoms with Crippen molar-refractivity contribution in [3.63, 3.8) is 0 Å². The van der Waals surface area contributed by atoms with Crippen LogP contribution in [0.25, 0.3) is 6.08 Å². The molecule has 2 aromatic rings. The Morgan fingerprint density at radius 1 is 1.09 bits per heavy atom. The summed E-state index contributed by atoms with van der Waals surface area (Å²) in [5.41, 5.74) is 0.920. The molecule has 0 fully saturated rings. The van der Waals surface area contributed by atoms with Crippen LogP contribution < -0.4 is 10.6 Å². The summed E-state index contributed by atoms with van der Waals surface area (Å²) in [6.45, 7) is 0.666. The summed E-state index contributed by atoms with van der Waals surface area (Å²) in [5.74, 6) is -0.272. The molecule has 22 heavy (non-hydrogen) atoms. The second kappa shape index (κ2) is 8.19. The van der Waals surface area contributed by atoms with Gasteiger partial charge in [0, 0.05) is 23.6 Å². The number of carbonyl (C=O) groups is 2. The fourth-order valence-electron chi connectivity index (χ4n) is 1.69. The summed E-state index contributed by atoms with van der Waals surface area (Å²) in [7, 11) is 0. The Morgan fingerprint density at radius 3 is 2.59 bits per heavy atom. The molecule has 0 spiro atoms. The lowest BCUT2D eigenvalue weighted by molar-refractivity contribution is -0.116. The summed E-state index contributed by atoms with van der Waals surface area (Å²) in [6, 6.07) is 10.8. The summed E-state index contributed by atoms with van der Waals surface area (Å²) in [5, 5.41) is 5.33. The quantitative estimate of drug-likeness (QED) is 0.612. The van der Waals surface area contributed by atoms with E-state index in [0.717, 1.165) is 10.0 Å². The van der Waals surface area contributed by atoms with Crippen molar-refractivity contribution in [1.82, 2.24) is 10.6 Å². The molecule has 0 radical (unpaired) electrons. The monoisotopic (exact) mass is 362 g/mol. The normalized spacial score (nSPS) is 10.6. The molecule has 6 heteroatoms. The van der Waals surface area contributed by atoms with Crippen molar-refractivity contribution >= 4 is 33.8 Å². The van der Waals surface area contributed by atoms with Gasteiger partial charge in [0.1, 0.15) is 0 Å². The molecule has 2 N–H and O–H groups in total. The maximum absolute atomic E-state index is 11.7. The van der Waals surface area contributed by atoms with E-state index in [1.807, 2.05) is 24.3 Å². The van der Waals surface area contributed by atoms with Gasteiger partial charge in [-0.25, -0.2) is 0 Å². The van der Waals surface area contributed by atoms with Crippen LogP contribution in [0.4, 0.5) is 0 Å². The lowest BCUT2D eigenvalue weighted by Crippen LogP contribution is -2.33. The summed E-state index contributed by atoms with van der Waals surface area (Å²) < 4.78 is 5.88. The Kier molecular flexibility index (Phi) is 5.97. The zero-order valence-corrected chi connectivity index (χ0v) is 13.3. The van der Waals surface area contributed by atoms with Gasteiger partial charge < -0.3 is 15.1 Å². The van der Waals surface area contributed by atoms with Crippen molar-refractivity contribution in [2.75, 3.05) is 13.1 Å². The van der Waals surface area contributed by atoms with Crippen molar-refractivity contribution < 1.29 is 14.0 Å². The van der Waals surface area contributed by atoms with Crippen LogP contribution in [0.2, 0.25) is 0 Å². The number of furan rings is 1.